The Balaban J connectivity index is 2.61. The van der Waals surface area contributed by atoms with Gasteiger partial charge in [-0.15, -0.1) is 0 Å². The third-order valence-electron chi connectivity index (χ3n) is 2.44. The molecule has 0 aromatic heterocycles. The molecule has 90 valence electrons. The molecular formula is C10H14FNO4. The summed E-state index contributed by atoms with van der Waals surface area (Å²) in [5.41, 5.74) is -0.697. The Bertz CT molecular complexity index is 300. The summed E-state index contributed by atoms with van der Waals surface area (Å²) in [6.45, 7) is 1.07. The summed E-state index contributed by atoms with van der Waals surface area (Å²) in [6, 6.07) is 0. The first kappa shape index (κ1) is 12.6. The maximum Gasteiger partial charge on any atom is 0.361 e. The molecule has 2 atom stereocenters. The molecule has 1 aliphatic rings. The smallest absolute Gasteiger partial charge is 0.361 e. The fourth-order valence-corrected chi connectivity index (χ4v) is 1.54. The van der Waals surface area contributed by atoms with Gasteiger partial charge in [0.2, 0.25) is 5.71 Å². The second-order valence-corrected chi connectivity index (χ2v) is 3.75. The molecule has 6 heteroatoms. The number of rotatable bonds is 4. The molecule has 16 heavy (non-hydrogen) atoms. The first-order valence-electron chi connectivity index (χ1n) is 5.14. The van der Waals surface area contributed by atoms with Crippen molar-refractivity contribution in [2.24, 2.45) is 5.16 Å². The molecule has 0 amide bonds. The van der Waals surface area contributed by atoms with E-state index in [-0.39, 0.29) is 0 Å². The Labute approximate surface area is 92.3 Å². The quantitative estimate of drug-likeness (QED) is 0.449. The van der Waals surface area contributed by atoms with Gasteiger partial charge in [0.1, 0.15) is 6.17 Å². The first-order chi connectivity index (χ1) is 7.52. The third kappa shape index (κ3) is 3.29. The van der Waals surface area contributed by atoms with Crippen LogP contribution >= 0.6 is 0 Å². The number of hydrogen-bond acceptors (Lipinski definition) is 4. The molecule has 0 aromatic carbocycles. The number of halogens is 1. The molecule has 5 nitrogen and oxygen atoms in total. The van der Waals surface area contributed by atoms with Crippen molar-refractivity contribution >= 4 is 17.5 Å². The highest BCUT2D eigenvalue weighted by Crippen LogP contribution is 2.23. The first-order valence-corrected chi connectivity index (χ1v) is 5.14. The molecule has 0 heterocycles. The molecule has 1 aliphatic carbocycles. The summed E-state index contributed by atoms with van der Waals surface area (Å²) in [6.07, 6.45) is 0.631. The SMILES string of the molecule is CC(=O)/C(=N/O[C@@H]1CCCC[C@H]1F)C(=O)O. The Hall–Kier alpha value is -1.46. The van der Waals surface area contributed by atoms with E-state index in [4.69, 9.17) is 9.94 Å². The normalized spacial score (nSPS) is 26.2. The van der Waals surface area contributed by atoms with Gasteiger partial charge in [-0.05, 0) is 19.3 Å². The Morgan fingerprint density at radius 3 is 2.50 bits per heavy atom. The predicted octanol–water partition coefficient (Wildman–Crippen LogP) is 1.31. The van der Waals surface area contributed by atoms with Crippen LogP contribution in [0.5, 0.6) is 0 Å². The molecule has 0 aromatic rings. The van der Waals surface area contributed by atoms with E-state index in [1.165, 1.54) is 0 Å². The second kappa shape index (κ2) is 5.58. The Morgan fingerprint density at radius 1 is 1.38 bits per heavy atom. The lowest BCUT2D eigenvalue weighted by Gasteiger charge is -2.23. The zero-order chi connectivity index (χ0) is 12.1. The van der Waals surface area contributed by atoms with E-state index in [0.717, 1.165) is 19.8 Å². The van der Waals surface area contributed by atoms with Gasteiger partial charge in [0.25, 0.3) is 0 Å². The van der Waals surface area contributed by atoms with Crippen LogP contribution in [-0.2, 0) is 14.4 Å². The van der Waals surface area contributed by atoms with E-state index in [0.29, 0.717) is 12.8 Å². The summed E-state index contributed by atoms with van der Waals surface area (Å²) in [5, 5.41) is 11.8. The number of nitrogens with zero attached hydrogens (tertiary/aromatic N) is 1. The zero-order valence-electron chi connectivity index (χ0n) is 8.98. The zero-order valence-corrected chi connectivity index (χ0v) is 8.98. The van der Waals surface area contributed by atoms with Crippen LogP contribution in [0.3, 0.4) is 0 Å². The predicted molar refractivity (Wildman–Crippen MR) is 54.0 cm³/mol. The molecule has 0 bridgehead atoms. The average Bonchev–Trinajstić information content (AvgIpc) is 2.20. The highest BCUT2D eigenvalue weighted by molar-refractivity contribution is 6.63. The minimum absolute atomic E-state index is 0.392. The van der Waals surface area contributed by atoms with Crippen molar-refractivity contribution in [3.63, 3.8) is 0 Å². The average molecular weight is 231 g/mol. The van der Waals surface area contributed by atoms with E-state index >= 15 is 0 Å². The fourth-order valence-electron chi connectivity index (χ4n) is 1.54. The minimum atomic E-state index is -1.46. The van der Waals surface area contributed by atoms with E-state index < -0.39 is 29.7 Å². The van der Waals surface area contributed by atoms with Gasteiger partial charge < -0.3 is 9.94 Å². The summed E-state index contributed by atoms with van der Waals surface area (Å²) >= 11 is 0. The molecule has 1 rings (SSSR count). The van der Waals surface area contributed by atoms with Gasteiger partial charge in [0.05, 0.1) is 0 Å². The van der Waals surface area contributed by atoms with E-state index in [9.17, 15) is 14.0 Å². The van der Waals surface area contributed by atoms with Crippen LogP contribution in [0.15, 0.2) is 5.16 Å². The lowest BCUT2D eigenvalue weighted by Crippen LogP contribution is -2.29. The number of carboxylic acid groups (broad SMARTS) is 1. The maximum atomic E-state index is 13.3. The highest BCUT2D eigenvalue weighted by atomic mass is 19.1. The second-order valence-electron chi connectivity index (χ2n) is 3.75. The molecule has 0 radical (unpaired) electrons. The maximum absolute atomic E-state index is 13.3. The van der Waals surface area contributed by atoms with E-state index in [2.05, 4.69) is 5.16 Å². The summed E-state index contributed by atoms with van der Waals surface area (Å²) in [5.74, 6) is -2.17. The summed E-state index contributed by atoms with van der Waals surface area (Å²) < 4.78 is 13.3. The summed E-state index contributed by atoms with van der Waals surface area (Å²) in [7, 11) is 0. The number of Topliss-reactive ketones (excluding diaryl/α,β-unsaturated/α-hetero) is 1. The van der Waals surface area contributed by atoms with Crippen molar-refractivity contribution in [3.8, 4) is 0 Å². The van der Waals surface area contributed by atoms with Crippen molar-refractivity contribution in [2.45, 2.75) is 44.9 Å². The van der Waals surface area contributed by atoms with Crippen LogP contribution < -0.4 is 0 Å². The van der Waals surface area contributed by atoms with Gasteiger partial charge in [-0.25, -0.2) is 9.18 Å². The van der Waals surface area contributed by atoms with Gasteiger partial charge >= 0.3 is 5.97 Å². The summed E-state index contributed by atoms with van der Waals surface area (Å²) in [4.78, 5) is 26.2. The number of carbonyl (C=O) groups excluding carboxylic acids is 1. The third-order valence-corrected chi connectivity index (χ3v) is 2.44. The van der Waals surface area contributed by atoms with Gasteiger partial charge in [0, 0.05) is 6.92 Å². The molecule has 0 saturated heterocycles. The Morgan fingerprint density at radius 2 is 2.00 bits per heavy atom. The van der Waals surface area contributed by atoms with Crippen molar-refractivity contribution in [1.82, 2.24) is 0 Å². The van der Waals surface area contributed by atoms with Crippen LogP contribution in [-0.4, -0.2) is 34.8 Å². The van der Waals surface area contributed by atoms with Crippen molar-refractivity contribution in [2.75, 3.05) is 0 Å². The molecule has 1 saturated carbocycles. The number of ketones is 1. The van der Waals surface area contributed by atoms with Crippen LogP contribution in [0.2, 0.25) is 0 Å². The van der Waals surface area contributed by atoms with Crippen LogP contribution in [0.25, 0.3) is 0 Å². The van der Waals surface area contributed by atoms with E-state index in [1.54, 1.807) is 0 Å². The molecular weight excluding hydrogens is 217 g/mol. The van der Waals surface area contributed by atoms with Gasteiger partial charge in [-0.3, -0.25) is 4.79 Å². The minimum Gasteiger partial charge on any atom is -0.476 e. The standard InChI is InChI=1S/C10H14FNO4/c1-6(13)9(10(14)15)12-16-8-5-3-2-4-7(8)11/h7-8H,2-5H2,1H3,(H,14,15)/b12-9-/t7-,8-/m1/s1. The Kier molecular flexibility index (Phi) is 4.39. The lowest BCUT2D eigenvalue weighted by molar-refractivity contribution is -0.130. The number of carbonyl (C=O) groups is 2. The van der Waals surface area contributed by atoms with Crippen LogP contribution in [0.4, 0.5) is 4.39 Å². The fraction of sp³-hybridized carbons (Fsp3) is 0.700. The number of alkyl halides is 1. The monoisotopic (exact) mass is 231 g/mol. The van der Waals surface area contributed by atoms with Crippen molar-refractivity contribution < 1.29 is 23.9 Å². The van der Waals surface area contributed by atoms with Crippen molar-refractivity contribution in [1.29, 1.82) is 0 Å². The van der Waals surface area contributed by atoms with Crippen molar-refractivity contribution in [3.05, 3.63) is 0 Å². The van der Waals surface area contributed by atoms with Gasteiger partial charge in [0.15, 0.2) is 11.9 Å². The van der Waals surface area contributed by atoms with Crippen LogP contribution in [0, 0.1) is 0 Å². The lowest BCUT2D eigenvalue weighted by atomic mass is 9.96. The number of carboxylic acids is 1. The largest absolute Gasteiger partial charge is 0.476 e. The number of oxime groups is 1. The molecule has 1 N–H and O–H groups in total. The molecule has 0 unspecified atom stereocenters. The number of hydrogen-bond donors (Lipinski definition) is 1. The number of aliphatic carboxylic acids is 1. The van der Waals surface area contributed by atoms with Crippen LogP contribution in [0.1, 0.15) is 32.6 Å². The topological polar surface area (TPSA) is 76.0 Å². The highest BCUT2D eigenvalue weighted by Gasteiger charge is 2.27. The van der Waals surface area contributed by atoms with Gasteiger partial charge in [-0.2, -0.15) is 0 Å². The van der Waals surface area contributed by atoms with Gasteiger partial charge in [-0.1, -0.05) is 11.6 Å². The van der Waals surface area contributed by atoms with E-state index in [1.807, 2.05) is 0 Å². The molecule has 0 spiro atoms. The molecule has 1 fully saturated rings. The molecule has 0 aliphatic heterocycles.